The van der Waals surface area contributed by atoms with Crippen LogP contribution in [0.4, 0.5) is 0 Å². The van der Waals surface area contributed by atoms with Gasteiger partial charge in [0, 0.05) is 6.54 Å². The Labute approximate surface area is 66.7 Å². The van der Waals surface area contributed by atoms with Crippen LogP contribution in [0.25, 0.3) is 0 Å². The van der Waals surface area contributed by atoms with E-state index in [2.05, 4.69) is 12.0 Å². The topological polar surface area (TPSA) is 38.0 Å². The molecule has 3 nitrogen and oxygen atoms in total. The lowest BCUT2D eigenvalue weighted by Crippen LogP contribution is -2.02. The number of hydrogen-bond donors (Lipinski definition) is 1. The molecule has 1 heterocycles. The summed E-state index contributed by atoms with van der Waals surface area (Å²) in [6, 6.07) is 1.95. The Balaban J connectivity index is 2.92. The second kappa shape index (κ2) is 3.53. The fraction of sp³-hybridized carbons (Fsp3) is 0.625. The van der Waals surface area contributed by atoms with Crippen LogP contribution in [-0.2, 0) is 19.6 Å². The summed E-state index contributed by atoms with van der Waals surface area (Å²) in [6.07, 6.45) is 0.931. The number of hydrogen-bond acceptors (Lipinski definition) is 2. The molecule has 0 atom stereocenters. The fourth-order valence-electron chi connectivity index (χ4n) is 1.09. The smallest absolute Gasteiger partial charge is 0.0849 e. The van der Waals surface area contributed by atoms with Gasteiger partial charge >= 0.3 is 0 Å². The summed E-state index contributed by atoms with van der Waals surface area (Å²) in [6.45, 7) is 4.99. The molecular formula is C8H14N2O. The highest BCUT2D eigenvalue weighted by Crippen LogP contribution is 2.04. The van der Waals surface area contributed by atoms with E-state index in [1.54, 1.807) is 0 Å². The molecule has 0 spiro atoms. The second-order valence-electron chi connectivity index (χ2n) is 2.45. The lowest BCUT2D eigenvalue weighted by Gasteiger charge is -1.98. The second-order valence-corrected chi connectivity index (χ2v) is 2.45. The van der Waals surface area contributed by atoms with Gasteiger partial charge in [0.25, 0.3) is 0 Å². The number of aromatic nitrogens is 2. The minimum absolute atomic E-state index is 0.0842. The van der Waals surface area contributed by atoms with Gasteiger partial charge < -0.3 is 5.11 Å². The molecule has 0 unspecified atom stereocenters. The summed E-state index contributed by atoms with van der Waals surface area (Å²) in [4.78, 5) is 0. The SMILES string of the molecule is CCc1cc(CO)n(CC)n1. The van der Waals surface area contributed by atoms with Crippen molar-refractivity contribution in [1.29, 1.82) is 0 Å². The molecular weight excluding hydrogens is 140 g/mol. The Kier molecular flexibility index (Phi) is 2.65. The van der Waals surface area contributed by atoms with Crippen LogP contribution in [0.1, 0.15) is 25.2 Å². The van der Waals surface area contributed by atoms with Gasteiger partial charge in [0.1, 0.15) is 0 Å². The van der Waals surface area contributed by atoms with Crippen molar-refractivity contribution in [2.24, 2.45) is 0 Å². The van der Waals surface area contributed by atoms with Crippen molar-refractivity contribution < 1.29 is 5.11 Å². The molecule has 0 saturated carbocycles. The van der Waals surface area contributed by atoms with Crippen molar-refractivity contribution in [3.63, 3.8) is 0 Å². The van der Waals surface area contributed by atoms with E-state index in [0.29, 0.717) is 0 Å². The maximum atomic E-state index is 8.90. The number of nitrogens with zero attached hydrogens (tertiary/aromatic N) is 2. The minimum Gasteiger partial charge on any atom is -0.390 e. The molecule has 1 aromatic heterocycles. The van der Waals surface area contributed by atoms with Gasteiger partial charge in [0.15, 0.2) is 0 Å². The lowest BCUT2D eigenvalue weighted by atomic mass is 10.3. The van der Waals surface area contributed by atoms with E-state index < -0.39 is 0 Å². The van der Waals surface area contributed by atoms with Gasteiger partial charge in [0.2, 0.25) is 0 Å². The molecule has 0 bridgehead atoms. The molecule has 0 saturated heterocycles. The summed E-state index contributed by atoms with van der Waals surface area (Å²) in [7, 11) is 0. The van der Waals surface area contributed by atoms with E-state index in [4.69, 9.17) is 5.11 Å². The molecule has 0 aliphatic rings. The van der Waals surface area contributed by atoms with Gasteiger partial charge in [-0.25, -0.2) is 0 Å². The number of aliphatic hydroxyl groups is 1. The molecule has 0 radical (unpaired) electrons. The van der Waals surface area contributed by atoms with Crippen LogP contribution >= 0.6 is 0 Å². The van der Waals surface area contributed by atoms with E-state index in [0.717, 1.165) is 24.4 Å². The maximum absolute atomic E-state index is 8.90. The zero-order valence-electron chi connectivity index (χ0n) is 7.04. The largest absolute Gasteiger partial charge is 0.390 e. The first kappa shape index (κ1) is 8.27. The highest BCUT2D eigenvalue weighted by Gasteiger charge is 2.02. The molecule has 1 rings (SSSR count). The summed E-state index contributed by atoms with van der Waals surface area (Å²) >= 11 is 0. The number of aryl methyl sites for hydroxylation is 2. The Morgan fingerprint density at radius 2 is 2.27 bits per heavy atom. The predicted molar refractivity (Wildman–Crippen MR) is 43.2 cm³/mol. The van der Waals surface area contributed by atoms with Gasteiger partial charge in [-0.05, 0) is 19.4 Å². The third kappa shape index (κ3) is 1.60. The molecule has 11 heavy (non-hydrogen) atoms. The van der Waals surface area contributed by atoms with Crippen LogP contribution in [0, 0.1) is 0 Å². The molecule has 0 aromatic carbocycles. The fourth-order valence-corrected chi connectivity index (χ4v) is 1.09. The quantitative estimate of drug-likeness (QED) is 0.704. The molecule has 0 aliphatic carbocycles. The van der Waals surface area contributed by atoms with Crippen molar-refractivity contribution >= 4 is 0 Å². The summed E-state index contributed by atoms with van der Waals surface area (Å²) in [5.41, 5.74) is 1.96. The van der Waals surface area contributed by atoms with Crippen molar-refractivity contribution in [2.75, 3.05) is 0 Å². The first-order valence-electron chi connectivity index (χ1n) is 3.98. The number of aliphatic hydroxyl groups excluding tert-OH is 1. The maximum Gasteiger partial charge on any atom is 0.0849 e. The van der Waals surface area contributed by atoms with Gasteiger partial charge in [0.05, 0.1) is 18.0 Å². The highest BCUT2D eigenvalue weighted by atomic mass is 16.3. The molecule has 0 aliphatic heterocycles. The average molecular weight is 154 g/mol. The van der Waals surface area contributed by atoms with Crippen molar-refractivity contribution in [2.45, 2.75) is 33.4 Å². The van der Waals surface area contributed by atoms with E-state index >= 15 is 0 Å². The zero-order chi connectivity index (χ0) is 8.27. The summed E-state index contributed by atoms with van der Waals surface area (Å²) in [5, 5.41) is 13.2. The normalized spacial score (nSPS) is 10.5. The predicted octanol–water partition coefficient (Wildman–Crippen LogP) is 0.958. The van der Waals surface area contributed by atoms with Gasteiger partial charge in [-0.15, -0.1) is 0 Å². The Morgan fingerprint density at radius 1 is 1.55 bits per heavy atom. The molecule has 1 aromatic rings. The van der Waals surface area contributed by atoms with Gasteiger partial charge in [-0.1, -0.05) is 6.92 Å². The van der Waals surface area contributed by atoms with Crippen LogP contribution in [0.2, 0.25) is 0 Å². The molecule has 1 N–H and O–H groups in total. The molecule has 62 valence electrons. The molecule has 3 heteroatoms. The average Bonchev–Trinajstić information content (AvgIpc) is 2.46. The van der Waals surface area contributed by atoms with Crippen LogP contribution in [0.3, 0.4) is 0 Å². The minimum atomic E-state index is 0.0842. The third-order valence-corrected chi connectivity index (χ3v) is 1.74. The van der Waals surface area contributed by atoms with E-state index in [9.17, 15) is 0 Å². The zero-order valence-corrected chi connectivity index (χ0v) is 7.04. The lowest BCUT2D eigenvalue weighted by molar-refractivity contribution is 0.268. The van der Waals surface area contributed by atoms with Gasteiger partial charge in [-0.2, -0.15) is 5.10 Å². The van der Waals surface area contributed by atoms with Crippen LogP contribution in [-0.4, -0.2) is 14.9 Å². The number of rotatable bonds is 3. The Bertz CT molecular complexity index is 208. The Hall–Kier alpha value is -0.830. The van der Waals surface area contributed by atoms with E-state index in [1.807, 2.05) is 17.7 Å². The van der Waals surface area contributed by atoms with E-state index in [-0.39, 0.29) is 6.61 Å². The monoisotopic (exact) mass is 154 g/mol. The first-order chi connectivity index (χ1) is 5.31. The van der Waals surface area contributed by atoms with Crippen LogP contribution < -0.4 is 0 Å². The highest BCUT2D eigenvalue weighted by molar-refractivity contribution is 5.09. The van der Waals surface area contributed by atoms with Crippen LogP contribution in [0.15, 0.2) is 6.07 Å². The van der Waals surface area contributed by atoms with Gasteiger partial charge in [-0.3, -0.25) is 4.68 Å². The van der Waals surface area contributed by atoms with Crippen LogP contribution in [0.5, 0.6) is 0 Å². The summed E-state index contributed by atoms with van der Waals surface area (Å²) < 4.78 is 1.83. The first-order valence-corrected chi connectivity index (χ1v) is 3.98. The summed E-state index contributed by atoms with van der Waals surface area (Å²) in [5.74, 6) is 0. The Morgan fingerprint density at radius 3 is 2.64 bits per heavy atom. The van der Waals surface area contributed by atoms with E-state index in [1.165, 1.54) is 0 Å². The molecule has 0 amide bonds. The van der Waals surface area contributed by atoms with Crippen molar-refractivity contribution in [3.8, 4) is 0 Å². The third-order valence-electron chi connectivity index (χ3n) is 1.74. The standard InChI is InChI=1S/C8H14N2O/c1-3-7-5-8(6-11)10(4-2)9-7/h5,11H,3-4,6H2,1-2H3. The van der Waals surface area contributed by atoms with Crippen molar-refractivity contribution in [3.05, 3.63) is 17.5 Å². The molecule has 0 fully saturated rings. The van der Waals surface area contributed by atoms with Crippen molar-refractivity contribution in [1.82, 2.24) is 9.78 Å².